The van der Waals surface area contributed by atoms with Crippen LogP contribution < -0.4 is 4.74 Å². The van der Waals surface area contributed by atoms with Crippen LogP contribution in [0.25, 0.3) is 0 Å². The molecule has 0 saturated heterocycles. The molecule has 0 saturated carbocycles. The first-order valence-electron chi connectivity index (χ1n) is 8.46. The summed E-state index contributed by atoms with van der Waals surface area (Å²) in [5.41, 5.74) is -0.315. The van der Waals surface area contributed by atoms with E-state index in [4.69, 9.17) is 9.47 Å². The molecular weight excluding hydrogens is 342 g/mol. The van der Waals surface area contributed by atoms with Crippen LogP contribution in [0.5, 0.6) is 5.75 Å². The summed E-state index contributed by atoms with van der Waals surface area (Å²) in [4.78, 5) is 34.1. The van der Waals surface area contributed by atoms with Crippen molar-refractivity contribution in [2.24, 2.45) is 0 Å². The van der Waals surface area contributed by atoms with E-state index in [0.29, 0.717) is 12.8 Å². The van der Waals surface area contributed by atoms with Crippen molar-refractivity contribution >= 4 is 17.6 Å². The summed E-state index contributed by atoms with van der Waals surface area (Å²) in [6, 6.07) is 5.03. The molecule has 0 amide bonds. The number of nitro groups is 1. The number of non-ortho nitro benzene ring substituents is 1. The lowest BCUT2D eigenvalue weighted by atomic mass is 10.1. The van der Waals surface area contributed by atoms with Crippen molar-refractivity contribution in [1.82, 2.24) is 0 Å². The molecule has 8 nitrogen and oxygen atoms in total. The fourth-order valence-electron chi connectivity index (χ4n) is 2.03. The molecule has 1 rings (SSSR count). The van der Waals surface area contributed by atoms with Gasteiger partial charge in [-0.1, -0.05) is 26.7 Å². The van der Waals surface area contributed by atoms with E-state index in [-0.39, 0.29) is 30.0 Å². The van der Waals surface area contributed by atoms with Crippen LogP contribution >= 0.6 is 0 Å². The van der Waals surface area contributed by atoms with Gasteiger partial charge >= 0.3 is 11.9 Å². The SMILES string of the molecule is CCCCOC(=O)C(Oc1ccc([N+](=O)[O-])cc1)=C(CCCC)C(=O)O. The first-order chi connectivity index (χ1) is 12.4. The Hall–Kier alpha value is -2.90. The second-order valence-electron chi connectivity index (χ2n) is 5.56. The molecule has 8 heteroatoms. The van der Waals surface area contributed by atoms with Crippen molar-refractivity contribution in [3.63, 3.8) is 0 Å². The quantitative estimate of drug-likeness (QED) is 0.158. The Balaban J connectivity index is 3.14. The maximum absolute atomic E-state index is 12.3. The number of ether oxygens (including phenoxy) is 2. The second-order valence-corrected chi connectivity index (χ2v) is 5.56. The average Bonchev–Trinajstić information content (AvgIpc) is 2.61. The number of carboxylic acid groups (broad SMARTS) is 1. The van der Waals surface area contributed by atoms with Gasteiger partial charge in [0.2, 0.25) is 5.76 Å². The number of carbonyl (C=O) groups excluding carboxylic acids is 1. The lowest BCUT2D eigenvalue weighted by molar-refractivity contribution is -0.384. The molecule has 0 aliphatic heterocycles. The number of hydrogen-bond acceptors (Lipinski definition) is 6. The summed E-state index contributed by atoms with van der Waals surface area (Å²) < 4.78 is 10.6. The monoisotopic (exact) mass is 365 g/mol. The third-order valence-corrected chi connectivity index (χ3v) is 3.50. The van der Waals surface area contributed by atoms with E-state index < -0.39 is 22.6 Å². The highest BCUT2D eigenvalue weighted by Crippen LogP contribution is 2.23. The summed E-state index contributed by atoms with van der Waals surface area (Å²) in [6.07, 6.45) is 2.92. The molecule has 1 aromatic rings. The largest absolute Gasteiger partial charge is 0.478 e. The molecule has 0 aliphatic carbocycles. The maximum Gasteiger partial charge on any atom is 0.374 e. The van der Waals surface area contributed by atoms with Gasteiger partial charge in [-0.05, 0) is 31.4 Å². The molecule has 0 aliphatic rings. The summed E-state index contributed by atoms with van der Waals surface area (Å²) in [6.45, 7) is 3.99. The van der Waals surface area contributed by atoms with Gasteiger partial charge in [-0.2, -0.15) is 0 Å². The molecule has 1 aromatic carbocycles. The number of esters is 1. The topological polar surface area (TPSA) is 116 Å². The van der Waals surface area contributed by atoms with Crippen LogP contribution in [0.3, 0.4) is 0 Å². The Kier molecular flexibility index (Phi) is 8.83. The minimum atomic E-state index is -1.26. The highest BCUT2D eigenvalue weighted by atomic mass is 16.6. The van der Waals surface area contributed by atoms with E-state index in [1.165, 1.54) is 24.3 Å². The number of nitro benzene ring substituents is 1. The second kappa shape index (κ2) is 10.9. The summed E-state index contributed by atoms with van der Waals surface area (Å²) >= 11 is 0. The normalized spacial score (nSPS) is 11.5. The van der Waals surface area contributed by atoms with Crippen LogP contribution in [-0.2, 0) is 14.3 Å². The van der Waals surface area contributed by atoms with Crippen molar-refractivity contribution in [1.29, 1.82) is 0 Å². The Labute approximate surface area is 151 Å². The Morgan fingerprint density at radius 2 is 1.73 bits per heavy atom. The fourth-order valence-corrected chi connectivity index (χ4v) is 2.03. The van der Waals surface area contributed by atoms with Crippen LogP contribution in [-0.4, -0.2) is 28.6 Å². The minimum Gasteiger partial charge on any atom is -0.478 e. The number of unbranched alkanes of at least 4 members (excludes halogenated alkanes) is 2. The Bertz CT molecular complexity index is 665. The number of carbonyl (C=O) groups is 2. The minimum absolute atomic E-state index is 0.119. The van der Waals surface area contributed by atoms with Gasteiger partial charge in [-0.15, -0.1) is 0 Å². The highest BCUT2D eigenvalue weighted by molar-refractivity contribution is 5.98. The van der Waals surface area contributed by atoms with Crippen LogP contribution in [0.4, 0.5) is 5.69 Å². The Morgan fingerprint density at radius 3 is 2.23 bits per heavy atom. The van der Waals surface area contributed by atoms with Gasteiger partial charge in [0.05, 0.1) is 17.1 Å². The predicted octanol–water partition coefficient (Wildman–Crippen LogP) is 3.85. The summed E-state index contributed by atoms with van der Waals surface area (Å²) in [5, 5.41) is 20.2. The molecule has 0 aromatic heterocycles. The third-order valence-electron chi connectivity index (χ3n) is 3.50. The molecule has 0 bridgehead atoms. The molecule has 1 N–H and O–H groups in total. The smallest absolute Gasteiger partial charge is 0.374 e. The van der Waals surface area contributed by atoms with Gasteiger partial charge in [-0.25, -0.2) is 9.59 Å². The van der Waals surface area contributed by atoms with Crippen molar-refractivity contribution in [2.75, 3.05) is 6.61 Å². The summed E-state index contributed by atoms with van der Waals surface area (Å²) in [7, 11) is 0. The fraction of sp³-hybridized carbons (Fsp3) is 0.444. The van der Waals surface area contributed by atoms with E-state index in [2.05, 4.69) is 0 Å². The third kappa shape index (κ3) is 6.54. The molecule has 142 valence electrons. The van der Waals surface area contributed by atoms with E-state index >= 15 is 0 Å². The molecule has 26 heavy (non-hydrogen) atoms. The molecule has 0 fully saturated rings. The first-order valence-corrected chi connectivity index (χ1v) is 8.46. The molecule has 0 unspecified atom stereocenters. The van der Waals surface area contributed by atoms with Gasteiger partial charge in [-0.3, -0.25) is 10.1 Å². The average molecular weight is 365 g/mol. The Morgan fingerprint density at radius 1 is 1.12 bits per heavy atom. The van der Waals surface area contributed by atoms with E-state index in [0.717, 1.165) is 12.8 Å². The lowest BCUT2D eigenvalue weighted by Gasteiger charge is -2.13. The molecule has 0 radical (unpaired) electrons. The zero-order valence-corrected chi connectivity index (χ0v) is 14.9. The van der Waals surface area contributed by atoms with Gasteiger partial charge in [0.1, 0.15) is 5.75 Å². The lowest BCUT2D eigenvalue weighted by Crippen LogP contribution is -2.19. The summed E-state index contributed by atoms with van der Waals surface area (Å²) in [5.74, 6) is -2.39. The molecule has 0 heterocycles. The van der Waals surface area contributed by atoms with Crippen molar-refractivity contribution in [2.45, 2.75) is 46.0 Å². The molecule has 0 atom stereocenters. The zero-order valence-electron chi connectivity index (χ0n) is 14.9. The van der Waals surface area contributed by atoms with Crippen molar-refractivity contribution < 1.29 is 29.1 Å². The van der Waals surface area contributed by atoms with E-state index in [1.54, 1.807) is 0 Å². The van der Waals surface area contributed by atoms with Crippen LogP contribution in [0.15, 0.2) is 35.6 Å². The van der Waals surface area contributed by atoms with Crippen LogP contribution in [0.2, 0.25) is 0 Å². The standard InChI is InChI=1S/C18H23NO7/c1-3-5-7-15(17(20)21)16(18(22)25-12-6-4-2)26-14-10-8-13(9-11-14)19(23)24/h8-11H,3-7,12H2,1-2H3,(H,20,21). The predicted molar refractivity (Wildman–Crippen MR) is 93.8 cm³/mol. The van der Waals surface area contributed by atoms with Gasteiger partial charge in [0, 0.05) is 12.1 Å². The number of carboxylic acids is 1. The maximum atomic E-state index is 12.3. The van der Waals surface area contributed by atoms with E-state index in [9.17, 15) is 24.8 Å². The highest BCUT2D eigenvalue weighted by Gasteiger charge is 2.24. The number of rotatable bonds is 11. The van der Waals surface area contributed by atoms with Crippen LogP contribution in [0, 0.1) is 10.1 Å². The number of benzene rings is 1. The van der Waals surface area contributed by atoms with Gasteiger partial charge in [0.25, 0.3) is 5.69 Å². The molecular formula is C18H23NO7. The van der Waals surface area contributed by atoms with Crippen molar-refractivity contribution in [3.05, 3.63) is 45.7 Å². The molecule has 0 spiro atoms. The van der Waals surface area contributed by atoms with Gasteiger partial charge < -0.3 is 14.6 Å². The number of hydrogen-bond donors (Lipinski definition) is 1. The van der Waals surface area contributed by atoms with E-state index in [1.807, 2.05) is 13.8 Å². The number of aliphatic carboxylic acids is 1. The van der Waals surface area contributed by atoms with Gasteiger partial charge in [0.15, 0.2) is 0 Å². The first kappa shape index (κ1) is 21.1. The van der Waals surface area contributed by atoms with Crippen LogP contribution in [0.1, 0.15) is 46.0 Å². The number of nitrogens with zero attached hydrogens (tertiary/aromatic N) is 1. The van der Waals surface area contributed by atoms with Crippen molar-refractivity contribution in [3.8, 4) is 5.75 Å². The zero-order chi connectivity index (χ0) is 19.5.